The summed E-state index contributed by atoms with van der Waals surface area (Å²) in [6.45, 7) is 13.3. The monoisotopic (exact) mass is 538 g/mol. The van der Waals surface area contributed by atoms with Crippen LogP contribution in [0.4, 0.5) is 0 Å². The molecule has 2 aliphatic rings. The van der Waals surface area contributed by atoms with E-state index in [1.165, 1.54) is 63.2 Å². The van der Waals surface area contributed by atoms with Gasteiger partial charge in [-0.05, 0) is 6.42 Å². The predicted molar refractivity (Wildman–Crippen MR) is 151 cm³/mol. The summed E-state index contributed by atoms with van der Waals surface area (Å²) in [5, 5.41) is 0. The summed E-state index contributed by atoms with van der Waals surface area (Å²) in [6.07, 6.45) is 8.00. The van der Waals surface area contributed by atoms with Crippen LogP contribution >= 0.6 is 0 Å². The Morgan fingerprint density at radius 1 is 0.943 bits per heavy atom. The maximum atomic E-state index is 3.48. The van der Waals surface area contributed by atoms with Crippen molar-refractivity contribution < 1.29 is 24.2 Å². The van der Waals surface area contributed by atoms with Crippen molar-refractivity contribution in [3.05, 3.63) is 126 Å². The van der Waals surface area contributed by atoms with E-state index in [4.69, 9.17) is 0 Å². The van der Waals surface area contributed by atoms with Crippen LogP contribution in [0.3, 0.4) is 0 Å². The van der Waals surface area contributed by atoms with Crippen LogP contribution in [0.5, 0.6) is 0 Å². The summed E-state index contributed by atoms with van der Waals surface area (Å²) in [5.74, 6) is 0.522. The normalized spacial score (nSPS) is 14.6. The molecule has 1 heteroatoms. The molecule has 0 bridgehead atoms. The first kappa shape index (κ1) is 30.9. The van der Waals surface area contributed by atoms with Gasteiger partial charge in [-0.1, -0.05) is 94.7 Å². The molecule has 0 saturated carbocycles. The van der Waals surface area contributed by atoms with Gasteiger partial charge in [-0.15, -0.1) is 5.56 Å². The molecule has 1 unspecified atom stereocenters. The smallest absolute Gasteiger partial charge is 0.0253 e. The van der Waals surface area contributed by atoms with Crippen LogP contribution in [-0.2, 0) is 30.7 Å². The van der Waals surface area contributed by atoms with E-state index in [1.54, 1.807) is 0 Å². The first-order valence-electron chi connectivity index (χ1n) is 12.0. The predicted octanol–water partition coefficient (Wildman–Crippen LogP) is 9.02. The van der Waals surface area contributed by atoms with Crippen molar-refractivity contribution in [1.29, 1.82) is 0 Å². The van der Waals surface area contributed by atoms with E-state index in [-0.39, 0.29) is 7.43 Å². The average molecular weight is 540 g/mol. The second-order valence-corrected chi connectivity index (χ2v) is 9.57. The number of rotatable bonds is 1. The van der Waals surface area contributed by atoms with E-state index in [0.29, 0.717) is 11.3 Å². The molecule has 0 fully saturated rings. The van der Waals surface area contributed by atoms with Gasteiger partial charge in [-0.3, -0.25) is 6.08 Å². The number of aryl methyl sites for hydroxylation is 1. The van der Waals surface area contributed by atoms with Gasteiger partial charge in [-0.25, -0.2) is 5.57 Å². The Balaban J connectivity index is 0.000000260. The van der Waals surface area contributed by atoms with Crippen LogP contribution in [0.1, 0.15) is 57.7 Å². The fraction of sp³-hybridized carbons (Fsp3) is 0.294. The molecule has 0 saturated heterocycles. The van der Waals surface area contributed by atoms with Crippen LogP contribution in [0.15, 0.2) is 84.0 Å². The van der Waals surface area contributed by atoms with Crippen molar-refractivity contribution in [2.24, 2.45) is 11.3 Å². The zero-order valence-corrected chi connectivity index (χ0v) is 25.1. The molecular formula is C34H40Zr-4. The topological polar surface area (TPSA) is 0 Å². The Morgan fingerprint density at radius 2 is 1.57 bits per heavy atom. The molecular weight excluding hydrogens is 500 g/mol. The van der Waals surface area contributed by atoms with Crippen molar-refractivity contribution in [2.45, 2.75) is 54.4 Å². The van der Waals surface area contributed by atoms with Gasteiger partial charge in [0, 0.05) is 0 Å². The maximum absolute atomic E-state index is 3.48. The summed E-state index contributed by atoms with van der Waals surface area (Å²) >= 11 is 1.30. The van der Waals surface area contributed by atoms with Gasteiger partial charge in [0.15, 0.2) is 0 Å². The Bertz CT molecular complexity index is 1050. The second kappa shape index (κ2) is 15.1. The van der Waals surface area contributed by atoms with Gasteiger partial charge in [-0.2, -0.15) is 77.4 Å². The van der Waals surface area contributed by atoms with Crippen molar-refractivity contribution in [3.8, 4) is 11.1 Å². The van der Waals surface area contributed by atoms with E-state index in [2.05, 4.69) is 106 Å². The zero-order valence-electron chi connectivity index (χ0n) is 22.6. The summed E-state index contributed by atoms with van der Waals surface area (Å²) in [5.41, 5.74) is 10.0. The third-order valence-corrected chi connectivity index (χ3v) is 5.81. The Kier molecular flexibility index (Phi) is 13.3. The molecule has 0 amide bonds. The van der Waals surface area contributed by atoms with Gasteiger partial charge < -0.3 is 7.43 Å². The van der Waals surface area contributed by atoms with E-state index in [1.807, 2.05) is 30.3 Å². The molecule has 5 rings (SSSR count). The fourth-order valence-electron chi connectivity index (χ4n) is 4.21. The number of benzene rings is 3. The first-order chi connectivity index (χ1) is 16.3. The maximum Gasteiger partial charge on any atom is -0.0253 e. The van der Waals surface area contributed by atoms with Gasteiger partial charge >= 0.3 is 28.4 Å². The minimum atomic E-state index is 0. The fourth-order valence-corrected chi connectivity index (χ4v) is 4.21. The summed E-state index contributed by atoms with van der Waals surface area (Å²) < 4.78 is 3.34. The average Bonchev–Trinajstić information content (AvgIpc) is 3.42. The molecule has 0 spiro atoms. The molecule has 0 radical (unpaired) electrons. The van der Waals surface area contributed by atoms with E-state index in [9.17, 15) is 0 Å². The molecule has 184 valence electrons. The summed E-state index contributed by atoms with van der Waals surface area (Å²) in [4.78, 5) is 0. The van der Waals surface area contributed by atoms with E-state index >= 15 is 0 Å². The molecule has 0 heterocycles. The quantitative estimate of drug-likeness (QED) is 0.212. The number of fused-ring (bicyclic) bond motifs is 3. The number of hydrogen-bond acceptors (Lipinski definition) is 0. The van der Waals surface area contributed by atoms with Crippen LogP contribution in [0, 0.1) is 43.9 Å². The van der Waals surface area contributed by atoms with Crippen molar-refractivity contribution in [3.63, 3.8) is 0 Å². The second-order valence-electron chi connectivity index (χ2n) is 9.57. The largest absolute Gasteiger partial charge is 0.358 e. The summed E-state index contributed by atoms with van der Waals surface area (Å²) in [7, 11) is 0. The van der Waals surface area contributed by atoms with Gasteiger partial charge in [0.2, 0.25) is 0 Å². The van der Waals surface area contributed by atoms with E-state index < -0.39 is 0 Å². The van der Waals surface area contributed by atoms with Crippen molar-refractivity contribution in [2.75, 3.05) is 0 Å². The minimum absolute atomic E-state index is 0. The van der Waals surface area contributed by atoms with Gasteiger partial charge in [0.25, 0.3) is 0 Å². The molecule has 0 N–H and O–H groups in total. The molecule has 2 aliphatic carbocycles. The van der Waals surface area contributed by atoms with Gasteiger partial charge in [0.05, 0.1) is 0 Å². The Morgan fingerprint density at radius 3 is 2.11 bits per heavy atom. The molecule has 0 aliphatic heterocycles. The molecule has 3 aromatic carbocycles. The van der Waals surface area contributed by atoms with Crippen LogP contribution in [0.25, 0.3) is 11.1 Å². The van der Waals surface area contributed by atoms with Crippen molar-refractivity contribution >= 4 is 4.21 Å². The molecule has 3 aromatic rings. The van der Waals surface area contributed by atoms with Crippen molar-refractivity contribution in [1.82, 2.24) is 0 Å². The van der Waals surface area contributed by atoms with Crippen LogP contribution < -0.4 is 0 Å². The third-order valence-electron chi connectivity index (χ3n) is 5.81. The molecule has 0 aromatic heterocycles. The van der Waals surface area contributed by atoms with Crippen LogP contribution in [-0.4, -0.2) is 4.21 Å². The Labute approximate surface area is 230 Å². The summed E-state index contributed by atoms with van der Waals surface area (Å²) in [6, 6.07) is 28.9. The zero-order chi connectivity index (χ0) is 25.1. The minimum Gasteiger partial charge on any atom is -0.358 e. The number of hydrogen-bond donors (Lipinski definition) is 0. The first-order valence-corrected chi connectivity index (χ1v) is 13.7. The molecule has 35 heavy (non-hydrogen) atoms. The van der Waals surface area contributed by atoms with E-state index in [0.717, 1.165) is 12.8 Å². The SMILES string of the molecule is CCC1=[C-]C(C)C=C1C(C)(C)C.Cc1cc[c-]cc1.[CH2]=[Zr].[CH3-].[c-]1cccc2c1Cc1ccccc1-2. The molecule has 0 nitrogen and oxygen atoms in total. The molecule has 1 atom stereocenters. The van der Waals surface area contributed by atoms with Gasteiger partial charge in [0.1, 0.15) is 0 Å². The van der Waals surface area contributed by atoms with Crippen LogP contribution in [0.2, 0.25) is 0 Å². The number of allylic oxidation sites excluding steroid dienone is 4. The third kappa shape index (κ3) is 9.12. The Hall–Kier alpha value is -2.11. The standard InChI is InChI=1S/C13H9.C12H19.C7H7.CH3.CH2.Zr/c1-3-7-12-10(5-1)9-11-6-2-4-8-13(11)12;1-6-10-7-9(2)8-11(10)12(3,4)5;1-7-5-3-2-4-6-7;;;/h1-5,7-8H,9H2;8-9H,6H2,1-5H3;3-6H,1H3;1H3;1H2;/q4*-1;;.